The van der Waals surface area contributed by atoms with Gasteiger partial charge >= 0.3 is 6.03 Å². The number of carbonyl (C=O) groups is 1. The van der Waals surface area contributed by atoms with Crippen molar-refractivity contribution in [3.05, 3.63) is 41.5 Å². The second-order valence-corrected chi connectivity index (χ2v) is 8.72. The van der Waals surface area contributed by atoms with E-state index in [1.807, 2.05) is 0 Å². The van der Waals surface area contributed by atoms with Crippen molar-refractivity contribution in [2.75, 3.05) is 21.9 Å². The molecule has 150 valence electrons. The number of urea groups is 1. The van der Waals surface area contributed by atoms with E-state index in [9.17, 15) is 26.4 Å². The molecule has 0 saturated carbocycles. The van der Waals surface area contributed by atoms with Crippen LogP contribution in [0.15, 0.2) is 18.3 Å². The molecule has 1 N–H and O–H groups in total. The van der Waals surface area contributed by atoms with E-state index in [-0.39, 0.29) is 24.0 Å². The SMILES string of the molecule is C[C@H]1Cn2ncc(N3CCS3(=O)=O)c2CN1C(=O)Nc1cc(F)c(F)c(F)c1. The van der Waals surface area contributed by atoms with E-state index in [1.165, 1.54) is 15.4 Å². The summed E-state index contributed by atoms with van der Waals surface area (Å²) in [6, 6.07) is 0.409. The van der Waals surface area contributed by atoms with Crippen LogP contribution in [0.5, 0.6) is 0 Å². The number of benzene rings is 1. The third-order valence-electron chi connectivity index (χ3n) is 4.87. The summed E-state index contributed by atoms with van der Waals surface area (Å²) in [5.41, 5.74) is 0.737. The molecule has 8 nitrogen and oxygen atoms in total. The molecule has 0 bridgehead atoms. The molecule has 2 aliphatic rings. The molecular formula is C16H16F3N5O3S. The maximum absolute atomic E-state index is 13.4. The third kappa shape index (κ3) is 2.97. The molecule has 2 aromatic rings. The normalized spacial score (nSPS) is 20.5. The van der Waals surface area contributed by atoms with Gasteiger partial charge in [-0.25, -0.2) is 26.4 Å². The van der Waals surface area contributed by atoms with Gasteiger partial charge in [0, 0.05) is 17.8 Å². The van der Waals surface area contributed by atoms with Gasteiger partial charge < -0.3 is 10.2 Å². The predicted octanol–water partition coefficient (Wildman–Crippen LogP) is 1.89. The minimum atomic E-state index is -3.35. The number of amides is 2. The fraction of sp³-hybridized carbons (Fsp3) is 0.375. The van der Waals surface area contributed by atoms with E-state index in [0.717, 1.165) is 0 Å². The van der Waals surface area contributed by atoms with Crippen molar-refractivity contribution in [3.8, 4) is 0 Å². The number of anilines is 2. The molecule has 1 aromatic heterocycles. The van der Waals surface area contributed by atoms with Crippen molar-refractivity contribution in [1.82, 2.24) is 14.7 Å². The molecule has 1 fully saturated rings. The van der Waals surface area contributed by atoms with Crippen LogP contribution in [-0.4, -0.2) is 47.5 Å². The number of hydrogen-bond acceptors (Lipinski definition) is 4. The summed E-state index contributed by atoms with van der Waals surface area (Å²) in [6.07, 6.45) is 1.45. The molecule has 1 atom stereocenters. The number of rotatable bonds is 2. The first-order valence-electron chi connectivity index (χ1n) is 8.44. The van der Waals surface area contributed by atoms with Crippen molar-refractivity contribution in [3.63, 3.8) is 0 Å². The maximum atomic E-state index is 13.4. The Morgan fingerprint density at radius 1 is 1.25 bits per heavy atom. The Balaban J connectivity index is 1.57. The molecule has 0 unspecified atom stereocenters. The summed E-state index contributed by atoms with van der Waals surface area (Å²) in [5, 5.41) is 6.54. The van der Waals surface area contributed by atoms with Crippen LogP contribution >= 0.6 is 0 Å². The Labute approximate surface area is 158 Å². The quantitative estimate of drug-likeness (QED) is 0.759. The van der Waals surface area contributed by atoms with Crippen LogP contribution in [0.25, 0.3) is 0 Å². The molecule has 0 radical (unpaired) electrons. The number of fused-ring (bicyclic) bond motifs is 1. The van der Waals surface area contributed by atoms with E-state index >= 15 is 0 Å². The third-order valence-corrected chi connectivity index (χ3v) is 6.62. The number of sulfonamides is 1. The highest BCUT2D eigenvalue weighted by atomic mass is 32.2. The summed E-state index contributed by atoms with van der Waals surface area (Å²) in [5.74, 6) is -4.38. The molecule has 2 amide bonds. The molecule has 12 heteroatoms. The van der Waals surface area contributed by atoms with Crippen LogP contribution < -0.4 is 9.62 Å². The number of nitrogens with zero attached hydrogens (tertiary/aromatic N) is 4. The van der Waals surface area contributed by atoms with Gasteiger partial charge in [0.1, 0.15) is 0 Å². The first kappa shape index (κ1) is 18.6. The second kappa shape index (κ2) is 6.40. The number of halogens is 3. The Morgan fingerprint density at radius 3 is 2.50 bits per heavy atom. The van der Waals surface area contributed by atoms with Gasteiger partial charge in [0.05, 0.1) is 49.0 Å². The van der Waals surface area contributed by atoms with Crippen LogP contribution in [0.1, 0.15) is 12.6 Å². The lowest BCUT2D eigenvalue weighted by atomic mass is 10.2. The van der Waals surface area contributed by atoms with Crippen LogP contribution in [0, 0.1) is 17.5 Å². The van der Waals surface area contributed by atoms with Gasteiger partial charge in [0.25, 0.3) is 0 Å². The number of aromatic nitrogens is 2. The lowest BCUT2D eigenvalue weighted by Gasteiger charge is -2.37. The standard InChI is InChI=1S/C16H16F3N5O3S/c1-9-7-23-14(13(6-20-23)24-2-3-28(24,26)27)8-22(9)16(25)21-10-4-11(17)15(19)12(18)5-10/h4-6,9H,2-3,7-8H2,1H3,(H,21,25)/t9-/m0/s1. The van der Waals surface area contributed by atoms with Crippen molar-refractivity contribution < 1.29 is 26.4 Å². The molecule has 1 aromatic carbocycles. The number of nitrogens with one attached hydrogen (secondary N) is 1. The summed E-state index contributed by atoms with van der Waals surface area (Å²) < 4.78 is 66.5. The zero-order valence-corrected chi connectivity index (χ0v) is 15.5. The lowest BCUT2D eigenvalue weighted by molar-refractivity contribution is 0.161. The van der Waals surface area contributed by atoms with E-state index in [2.05, 4.69) is 10.4 Å². The Hall–Kier alpha value is -2.76. The minimum Gasteiger partial charge on any atom is -0.314 e. The van der Waals surface area contributed by atoms with Crippen molar-refractivity contribution in [2.45, 2.75) is 26.1 Å². The van der Waals surface area contributed by atoms with Crippen LogP contribution in [0.3, 0.4) is 0 Å². The Bertz CT molecular complexity index is 1050. The zero-order chi connectivity index (χ0) is 20.2. The lowest BCUT2D eigenvalue weighted by Crippen LogP contribution is -2.50. The van der Waals surface area contributed by atoms with Gasteiger partial charge in [-0.3, -0.25) is 8.99 Å². The summed E-state index contributed by atoms with van der Waals surface area (Å²) in [6.45, 7) is 2.48. The highest BCUT2D eigenvalue weighted by molar-refractivity contribution is 7.94. The van der Waals surface area contributed by atoms with Crippen LogP contribution in [0.2, 0.25) is 0 Å². The molecule has 3 heterocycles. The number of hydrogen-bond donors (Lipinski definition) is 1. The van der Waals surface area contributed by atoms with E-state index in [1.54, 1.807) is 11.6 Å². The van der Waals surface area contributed by atoms with Gasteiger partial charge in [0.2, 0.25) is 10.0 Å². The first-order valence-corrected chi connectivity index (χ1v) is 10.1. The Kier molecular flexibility index (Phi) is 4.25. The van der Waals surface area contributed by atoms with Gasteiger partial charge in [0.15, 0.2) is 17.5 Å². The second-order valence-electron chi connectivity index (χ2n) is 6.71. The average Bonchev–Trinajstić information content (AvgIpc) is 3.00. The Morgan fingerprint density at radius 2 is 1.93 bits per heavy atom. The van der Waals surface area contributed by atoms with Crippen molar-refractivity contribution >= 4 is 27.4 Å². The molecule has 2 aliphatic heterocycles. The molecule has 28 heavy (non-hydrogen) atoms. The van der Waals surface area contributed by atoms with Gasteiger partial charge in [-0.15, -0.1) is 0 Å². The maximum Gasteiger partial charge on any atom is 0.322 e. The summed E-state index contributed by atoms with van der Waals surface area (Å²) >= 11 is 0. The smallest absolute Gasteiger partial charge is 0.314 e. The van der Waals surface area contributed by atoms with E-state index in [0.29, 0.717) is 36.6 Å². The molecule has 0 aliphatic carbocycles. The van der Waals surface area contributed by atoms with Crippen LogP contribution in [0.4, 0.5) is 29.3 Å². The topological polar surface area (TPSA) is 87.5 Å². The molecule has 4 rings (SSSR count). The van der Waals surface area contributed by atoms with Gasteiger partial charge in [-0.2, -0.15) is 5.10 Å². The highest BCUT2D eigenvalue weighted by Gasteiger charge is 2.38. The van der Waals surface area contributed by atoms with E-state index < -0.39 is 33.5 Å². The minimum absolute atomic E-state index is 0.0555. The first-order chi connectivity index (χ1) is 13.2. The summed E-state index contributed by atoms with van der Waals surface area (Å²) in [7, 11) is -3.35. The van der Waals surface area contributed by atoms with Gasteiger partial charge in [-0.05, 0) is 6.92 Å². The highest BCUT2D eigenvalue weighted by Crippen LogP contribution is 2.32. The fourth-order valence-electron chi connectivity index (χ4n) is 3.29. The zero-order valence-electron chi connectivity index (χ0n) is 14.7. The average molecular weight is 415 g/mol. The largest absolute Gasteiger partial charge is 0.322 e. The van der Waals surface area contributed by atoms with Crippen LogP contribution in [-0.2, 0) is 23.1 Å². The predicted molar refractivity (Wildman–Crippen MR) is 93.7 cm³/mol. The fourth-order valence-corrected chi connectivity index (χ4v) is 4.41. The van der Waals surface area contributed by atoms with Crippen molar-refractivity contribution in [2.24, 2.45) is 0 Å². The molecular weight excluding hydrogens is 399 g/mol. The monoisotopic (exact) mass is 415 g/mol. The summed E-state index contributed by atoms with van der Waals surface area (Å²) in [4.78, 5) is 14.0. The van der Waals surface area contributed by atoms with E-state index in [4.69, 9.17) is 0 Å². The molecule has 0 spiro atoms. The van der Waals surface area contributed by atoms with Gasteiger partial charge in [-0.1, -0.05) is 0 Å². The molecule has 1 saturated heterocycles. The number of carbonyl (C=O) groups excluding carboxylic acids is 1. The van der Waals surface area contributed by atoms with Crippen molar-refractivity contribution in [1.29, 1.82) is 0 Å².